The van der Waals surface area contributed by atoms with E-state index in [1.807, 2.05) is 6.08 Å². The summed E-state index contributed by atoms with van der Waals surface area (Å²) < 4.78 is 0. The van der Waals surface area contributed by atoms with Gasteiger partial charge in [-0.05, 0) is 84.1 Å². The van der Waals surface area contributed by atoms with E-state index in [4.69, 9.17) is 0 Å². The van der Waals surface area contributed by atoms with Gasteiger partial charge in [-0.1, -0.05) is 134 Å². The van der Waals surface area contributed by atoms with Crippen molar-refractivity contribution in [1.29, 1.82) is 0 Å². The molecule has 1 aliphatic carbocycles. The minimum Gasteiger partial charge on any atom is -0.0985 e. The van der Waals surface area contributed by atoms with Crippen molar-refractivity contribution in [3.8, 4) is 44.5 Å². The van der Waals surface area contributed by atoms with Crippen LogP contribution in [0, 0.1) is 0 Å². The van der Waals surface area contributed by atoms with E-state index >= 15 is 0 Å². The van der Waals surface area contributed by atoms with Crippen LogP contribution in [0.1, 0.15) is 12.5 Å². The molecule has 0 spiro atoms. The number of rotatable bonds is 4. The van der Waals surface area contributed by atoms with E-state index in [0.29, 0.717) is 0 Å². The Kier molecular flexibility index (Phi) is 4.94. The standard InChI is InChI=1S/C37H26/c1-3-24(4-2)27-22-23-32-35-28(27)20-13-21-31(35)36-33(25-14-7-5-8-15-25)29-18-11-12-19-30(29)34(37(32)36)26-16-9-6-10-17-26/h3-23H,1H2,2H3/b24-4+. The Hall–Kier alpha value is -4.68. The monoisotopic (exact) mass is 470 g/mol. The molecule has 6 aromatic rings. The van der Waals surface area contributed by atoms with Crippen LogP contribution in [-0.2, 0) is 0 Å². The Morgan fingerprint density at radius 2 is 1.03 bits per heavy atom. The zero-order valence-corrected chi connectivity index (χ0v) is 20.8. The van der Waals surface area contributed by atoms with Crippen molar-refractivity contribution < 1.29 is 0 Å². The second-order valence-corrected chi connectivity index (χ2v) is 9.61. The lowest BCUT2D eigenvalue weighted by Crippen LogP contribution is -1.93. The summed E-state index contributed by atoms with van der Waals surface area (Å²) in [6.07, 6.45) is 4.11. The van der Waals surface area contributed by atoms with Crippen molar-refractivity contribution in [2.75, 3.05) is 0 Å². The number of hydrogen-bond acceptors (Lipinski definition) is 0. The smallest absolute Gasteiger partial charge is 0.000741 e. The highest BCUT2D eigenvalue weighted by atomic mass is 14.3. The van der Waals surface area contributed by atoms with Gasteiger partial charge in [-0.25, -0.2) is 0 Å². The first-order valence-electron chi connectivity index (χ1n) is 12.9. The summed E-state index contributed by atoms with van der Waals surface area (Å²) in [6, 6.07) is 42.0. The molecule has 0 atom stereocenters. The molecule has 0 saturated heterocycles. The molecular formula is C37H26. The number of fused-ring (bicyclic) bond motifs is 4. The summed E-state index contributed by atoms with van der Waals surface area (Å²) >= 11 is 0. The van der Waals surface area contributed by atoms with E-state index in [-0.39, 0.29) is 0 Å². The predicted octanol–water partition coefficient (Wildman–Crippen LogP) is 10.6. The minimum atomic E-state index is 1.16. The lowest BCUT2D eigenvalue weighted by molar-refractivity contribution is 1.62. The molecule has 0 bridgehead atoms. The van der Waals surface area contributed by atoms with Gasteiger partial charge in [-0.15, -0.1) is 0 Å². The maximum Gasteiger partial charge on any atom is -0.000741 e. The van der Waals surface area contributed by atoms with E-state index in [2.05, 4.69) is 135 Å². The Labute approximate surface area is 217 Å². The van der Waals surface area contributed by atoms with Gasteiger partial charge >= 0.3 is 0 Å². The summed E-state index contributed by atoms with van der Waals surface area (Å²) in [5.41, 5.74) is 12.8. The van der Waals surface area contributed by atoms with Crippen LogP contribution in [0.5, 0.6) is 0 Å². The third kappa shape index (κ3) is 3.09. The minimum absolute atomic E-state index is 1.16. The molecule has 0 aromatic heterocycles. The maximum atomic E-state index is 4.09. The SMILES string of the molecule is C=C/C(=C\C)c1ccc2c3c(cccc13)-c1c-2c(-c2ccccc2)c2ccccc2c1-c1ccccc1. The highest BCUT2D eigenvalue weighted by Crippen LogP contribution is 2.58. The quantitative estimate of drug-likeness (QED) is 0.224. The van der Waals surface area contributed by atoms with Gasteiger partial charge in [0.25, 0.3) is 0 Å². The van der Waals surface area contributed by atoms with Crippen LogP contribution < -0.4 is 0 Å². The second-order valence-electron chi connectivity index (χ2n) is 9.61. The van der Waals surface area contributed by atoms with E-state index in [1.54, 1.807) is 0 Å². The van der Waals surface area contributed by atoms with Gasteiger partial charge in [-0.2, -0.15) is 0 Å². The van der Waals surface area contributed by atoms with E-state index in [9.17, 15) is 0 Å². The molecule has 0 radical (unpaired) electrons. The van der Waals surface area contributed by atoms with Crippen molar-refractivity contribution in [2.45, 2.75) is 6.92 Å². The first-order valence-corrected chi connectivity index (χ1v) is 12.9. The molecule has 0 saturated carbocycles. The Balaban J connectivity index is 1.73. The van der Waals surface area contributed by atoms with Gasteiger partial charge in [-0.3, -0.25) is 0 Å². The summed E-state index contributed by atoms with van der Waals surface area (Å²) in [5, 5.41) is 5.19. The van der Waals surface area contributed by atoms with Crippen molar-refractivity contribution >= 4 is 27.1 Å². The highest BCUT2D eigenvalue weighted by molar-refractivity contribution is 6.28. The molecule has 0 heteroatoms. The molecular weight excluding hydrogens is 444 g/mol. The largest absolute Gasteiger partial charge is 0.0985 e. The average Bonchev–Trinajstić information content (AvgIpc) is 3.29. The molecule has 0 fully saturated rings. The highest BCUT2D eigenvalue weighted by Gasteiger charge is 2.30. The predicted molar refractivity (Wildman–Crippen MR) is 161 cm³/mol. The number of benzene rings is 6. The van der Waals surface area contributed by atoms with Crippen LogP contribution in [0.15, 0.2) is 134 Å². The molecule has 0 aliphatic heterocycles. The first kappa shape index (κ1) is 21.6. The van der Waals surface area contributed by atoms with E-state index in [1.165, 1.54) is 71.6 Å². The third-order valence-electron chi connectivity index (χ3n) is 7.76. The Morgan fingerprint density at radius 3 is 1.57 bits per heavy atom. The van der Waals surface area contributed by atoms with Gasteiger partial charge < -0.3 is 0 Å². The molecule has 37 heavy (non-hydrogen) atoms. The maximum absolute atomic E-state index is 4.09. The van der Waals surface area contributed by atoms with Gasteiger partial charge in [0, 0.05) is 0 Å². The molecule has 0 nitrogen and oxygen atoms in total. The first-order chi connectivity index (χ1) is 18.3. The molecule has 0 unspecified atom stereocenters. The normalized spacial score (nSPS) is 12.2. The molecule has 6 aromatic carbocycles. The Bertz CT molecular complexity index is 1780. The van der Waals surface area contributed by atoms with Crippen LogP contribution >= 0.6 is 0 Å². The van der Waals surface area contributed by atoms with Crippen molar-refractivity contribution in [2.24, 2.45) is 0 Å². The molecule has 1 aliphatic rings. The summed E-state index contributed by atoms with van der Waals surface area (Å²) in [4.78, 5) is 0. The summed E-state index contributed by atoms with van der Waals surface area (Å²) in [6.45, 7) is 6.18. The molecule has 0 N–H and O–H groups in total. The summed E-state index contributed by atoms with van der Waals surface area (Å²) in [7, 11) is 0. The van der Waals surface area contributed by atoms with E-state index in [0.717, 1.165) is 5.57 Å². The molecule has 174 valence electrons. The van der Waals surface area contributed by atoms with Crippen molar-refractivity contribution in [3.05, 3.63) is 140 Å². The zero-order chi connectivity index (χ0) is 24.9. The fourth-order valence-electron chi connectivity index (χ4n) is 6.24. The topological polar surface area (TPSA) is 0 Å². The third-order valence-corrected chi connectivity index (χ3v) is 7.76. The lowest BCUT2D eigenvalue weighted by Gasteiger charge is -2.20. The number of allylic oxidation sites excluding steroid dienone is 3. The summed E-state index contributed by atoms with van der Waals surface area (Å²) in [5.74, 6) is 0. The van der Waals surface area contributed by atoms with Crippen LogP contribution in [0.25, 0.3) is 71.6 Å². The van der Waals surface area contributed by atoms with Crippen LogP contribution in [0.3, 0.4) is 0 Å². The zero-order valence-electron chi connectivity index (χ0n) is 20.8. The van der Waals surface area contributed by atoms with Crippen LogP contribution in [0.2, 0.25) is 0 Å². The van der Waals surface area contributed by atoms with Crippen LogP contribution in [-0.4, -0.2) is 0 Å². The molecule has 0 heterocycles. The van der Waals surface area contributed by atoms with Crippen LogP contribution in [0.4, 0.5) is 0 Å². The van der Waals surface area contributed by atoms with Gasteiger partial charge in [0.1, 0.15) is 0 Å². The number of hydrogen-bond donors (Lipinski definition) is 0. The van der Waals surface area contributed by atoms with Gasteiger partial charge in [0.15, 0.2) is 0 Å². The second kappa shape index (κ2) is 8.47. The lowest BCUT2D eigenvalue weighted by atomic mass is 9.82. The van der Waals surface area contributed by atoms with E-state index < -0.39 is 0 Å². The van der Waals surface area contributed by atoms with Crippen molar-refractivity contribution in [3.63, 3.8) is 0 Å². The molecule has 7 rings (SSSR count). The average molecular weight is 471 g/mol. The fourth-order valence-corrected chi connectivity index (χ4v) is 6.24. The molecule has 0 amide bonds. The van der Waals surface area contributed by atoms with Gasteiger partial charge in [0.05, 0.1) is 0 Å². The van der Waals surface area contributed by atoms with Gasteiger partial charge in [0.2, 0.25) is 0 Å². The Morgan fingerprint density at radius 1 is 0.514 bits per heavy atom. The fraction of sp³-hybridized carbons (Fsp3) is 0.0270. The van der Waals surface area contributed by atoms with Crippen molar-refractivity contribution in [1.82, 2.24) is 0 Å².